The molecule has 2 aliphatic heterocycles. The smallest absolute Gasteiger partial charge is 0.306 e. The third-order valence-corrected chi connectivity index (χ3v) is 26.2. The van der Waals surface area contributed by atoms with Crippen LogP contribution in [0.1, 0.15) is 278 Å². The lowest BCUT2D eigenvalue weighted by molar-refractivity contribution is -0.171. The molecule has 8 aliphatic carbocycles. The van der Waals surface area contributed by atoms with Crippen LogP contribution >= 0.6 is 0 Å². The minimum absolute atomic E-state index is 0.0350. The lowest BCUT2D eigenvalue weighted by Crippen LogP contribution is -2.57. The number of aliphatic hydroxyl groups is 2. The quantitative estimate of drug-likeness (QED) is 0.177. The molecule has 8 saturated carbocycles. The Balaban J connectivity index is 0.000000148. The maximum atomic E-state index is 11.8. The molecule has 76 heavy (non-hydrogen) atoms. The van der Waals surface area contributed by atoms with Crippen molar-refractivity contribution in [1.29, 1.82) is 0 Å². The van der Waals surface area contributed by atoms with Crippen LogP contribution in [0.25, 0.3) is 0 Å². The molecular weight excluding hydrogens is 945 g/mol. The Morgan fingerprint density at radius 3 is 1.33 bits per heavy atom. The number of rotatable bonds is 6. The van der Waals surface area contributed by atoms with Gasteiger partial charge in [-0.25, -0.2) is 0 Å². The second kappa shape index (κ2) is 21.1. The Hall–Kier alpha value is -1.93. The summed E-state index contributed by atoms with van der Waals surface area (Å²) < 4.78 is 11.4. The molecule has 10 fully saturated rings. The molecule has 8 heteroatoms. The van der Waals surface area contributed by atoms with Crippen LogP contribution in [0.5, 0.6) is 0 Å². The molecule has 17 atom stereocenters. The molecule has 0 bridgehead atoms. The fourth-order valence-corrected chi connectivity index (χ4v) is 22.3. The van der Waals surface area contributed by atoms with Crippen LogP contribution in [0.4, 0.5) is 0 Å². The van der Waals surface area contributed by atoms with E-state index in [1.165, 1.54) is 103 Å². The number of hydrogen-bond acceptors (Lipinski definition) is 7. The number of fused-ring (bicyclic) bond motifs is 8. The summed E-state index contributed by atoms with van der Waals surface area (Å²) in [6.07, 6.45) is 29.4. The maximum Gasteiger partial charge on any atom is 0.306 e. The first kappa shape index (κ1) is 61.7. The average molecular weight is 1060 g/mol. The molecular formula is C68H116O8. The minimum atomic E-state index is -0.830. The predicted octanol–water partition coefficient (Wildman–Crippen LogP) is 16.9. The van der Waals surface area contributed by atoms with E-state index >= 15 is 0 Å². The van der Waals surface area contributed by atoms with E-state index in [-0.39, 0.29) is 39.9 Å². The van der Waals surface area contributed by atoms with E-state index in [0.717, 1.165) is 43.9 Å². The normalized spacial score (nSPS) is 46.8. The van der Waals surface area contributed by atoms with E-state index in [0.29, 0.717) is 93.7 Å². The van der Waals surface area contributed by atoms with Gasteiger partial charge in [-0.1, -0.05) is 128 Å². The Bertz CT molecular complexity index is 2040. The molecule has 3 N–H and O–H groups in total. The highest BCUT2D eigenvalue weighted by molar-refractivity contribution is 5.73. The van der Waals surface area contributed by atoms with Gasteiger partial charge in [0.15, 0.2) is 0 Å². The molecule has 436 valence electrons. The van der Waals surface area contributed by atoms with Crippen molar-refractivity contribution in [1.82, 2.24) is 0 Å². The van der Waals surface area contributed by atoms with Crippen LogP contribution in [0.15, 0.2) is 12.7 Å². The highest BCUT2D eigenvalue weighted by Crippen LogP contribution is 2.68. The summed E-state index contributed by atoms with van der Waals surface area (Å²) >= 11 is 0. The molecule has 4 unspecified atom stereocenters. The van der Waals surface area contributed by atoms with E-state index in [2.05, 4.69) is 110 Å². The fourth-order valence-electron chi connectivity index (χ4n) is 22.3. The van der Waals surface area contributed by atoms with Gasteiger partial charge in [0.25, 0.3) is 0 Å². The largest absolute Gasteiger partial charge is 0.481 e. The zero-order valence-corrected chi connectivity index (χ0v) is 52.0. The second-order valence-corrected chi connectivity index (χ2v) is 33.1. The summed E-state index contributed by atoms with van der Waals surface area (Å²) in [6.45, 7) is 43.1. The lowest BCUT2D eigenvalue weighted by Gasteiger charge is -2.61. The zero-order valence-electron chi connectivity index (χ0n) is 52.0. The molecule has 10 aliphatic rings. The predicted molar refractivity (Wildman–Crippen MR) is 308 cm³/mol. The molecule has 8 nitrogen and oxygen atoms in total. The van der Waals surface area contributed by atoms with Crippen molar-refractivity contribution in [3.63, 3.8) is 0 Å². The van der Waals surface area contributed by atoms with E-state index in [4.69, 9.17) is 9.47 Å². The maximum absolute atomic E-state index is 11.8. The van der Waals surface area contributed by atoms with E-state index in [1.54, 1.807) is 6.08 Å². The standard InChI is InChI=1S/C20H36O2.2C16H26O2.C16H28O2/c1-7-18(4,21)13-9-16-19(5)12-8-11-17(2,3)15(19)10-14-20(16,6)22;2*1-14(2)7-5-8-15(3)11(14)6-9-16(4)12(15)10-13(17)18-16;1-11-6-7-13-15(2,3)8-5-9-16(13,4)12(11)10-14(17)18/h7,15-16,21-22H,1,8-14H2,2-6H3;2*11-12H,5-10H2,1-4H3;11-13H,5-10H2,1-4H3,(H,17,18)/t15?,16-,18-,19+,20-;2*11?,12-,15+,16-;11-,12-,13?,16+/m1110/s1. The van der Waals surface area contributed by atoms with Crippen molar-refractivity contribution in [2.24, 2.45) is 96.6 Å². The van der Waals surface area contributed by atoms with Gasteiger partial charge in [-0.2, -0.15) is 0 Å². The van der Waals surface area contributed by atoms with Crippen LogP contribution in [-0.4, -0.2) is 55.6 Å². The van der Waals surface area contributed by atoms with Gasteiger partial charge in [-0.05, 0) is 222 Å². The lowest BCUT2D eigenvalue weighted by atomic mass is 9.45. The summed E-state index contributed by atoms with van der Waals surface area (Å²) in [6, 6.07) is 0. The van der Waals surface area contributed by atoms with Gasteiger partial charge in [-0.15, -0.1) is 6.58 Å². The van der Waals surface area contributed by atoms with Gasteiger partial charge < -0.3 is 24.8 Å². The molecule has 0 aromatic rings. The van der Waals surface area contributed by atoms with E-state index in [1.807, 2.05) is 13.8 Å². The third kappa shape index (κ3) is 11.5. The number of esters is 2. The Kier molecular flexibility index (Phi) is 17.1. The Morgan fingerprint density at radius 1 is 0.553 bits per heavy atom. The highest BCUT2D eigenvalue weighted by Gasteiger charge is 2.65. The summed E-state index contributed by atoms with van der Waals surface area (Å²) in [5, 5.41) is 30.6. The second-order valence-electron chi connectivity index (χ2n) is 33.1. The van der Waals surface area contributed by atoms with Crippen LogP contribution in [0.3, 0.4) is 0 Å². The summed E-state index contributed by atoms with van der Waals surface area (Å²) in [4.78, 5) is 34.7. The first-order valence-electron chi connectivity index (χ1n) is 31.5. The summed E-state index contributed by atoms with van der Waals surface area (Å²) in [5.74, 6) is 4.42. The third-order valence-electron chi connectivity index (χ3n) is 26.2. The molecule has 2 heterocycles. The van der Waals surface area contributed by atoms with Gasteiger partial charge in [0.05, 0.1) is 24.0 Å². The number of carbonyl (C=O) groups is 3. The van der Waals surface area contributed by atoms with Gasteiger partial charge >= 0.3 is 17.9 Å². The molecule has 0 spiro atoms. The van der Waals surface area contributed by atoms with Crippen LogP contribution in [0, 0.1) is 96.6 Å². The number of ether oxygens (including phenoxy) is 2. The number of aliphatic carboxylic acids is 1. The summed E-state index contributed by atoms with van der Waals surface area (Å²) in [7, 11) is 0. The van der Waals surface area contributed by atoms with Gasteiger partial charge in [0.2, 0.25) is 0 Å². The van der Waals surface area contributed by atoms with E-state index < -0.39 is 17.2 Å². The molecule has 2 saturated heterocycles. The van der Waals surface area contributed by atoms with Crippen LogP contribution in [0.2, 0.25) is 0 Å². The number of carbonyl (C=O) groups excluding carboxylic acids is 2. The van der Waals surface area contributed by atoms with Crippen molar-refractivity contribution in [3.05, 3.63) is 12.7 Å². The Labute approximate surface area is 465 Å². The van der Waals surface area contributed by atoms with Crippen molar-refractivity contribution >= 4 is 17.9 Å². The first-order chi connectivity index (χ1) is 34.8. The average Bonchev–Trinajstić information content (AvgIpc) is 3.78. The van der Waals surface area contributed by atoms with Gasteiger partial charge in [0, 0.05) is 18.3 Å². The number of carboxylic acid groups (broad SMARTS) is 1. The van der Waals surface area contributed by atoms with Crippen LogP contribution in [-0.2, 0) is 23.9 Å². The minimum Gasteiger partial charge on any atom is -0.481 e. The van der Waals surface area contributed by atoms with Crippen molar-refractivity contribution in [3.8, 4) is 0 Å². The number of carboxylic acids is 1. The molecule has 10 rings (SSSR count). The van der Waals surface area contributed by atoms with Gasteiger partial charge in [0.1, 0.15) is 11.2 Å². The molecule has 0 aromatic carbocycles. The monoisotopic (exact) mass is 1060 g/mol. The molecule has 0 aromatic heterocycles. The van der Waals surface area contributed by atoms with Crippen molar-refractivity contribution in [2.45, 2.75) is 301 Å². The van der Waals surface area contributed by atoms with E-state index in [9.17, 15) is 29.7 Å². The zero-order chi connectivity index (χ0) is 56.7. The SMILES string of the molecule is C=C[C@@](C)(O)CC[C@@H]1[C@@]2(C)CCCC(C)(C)C2CC[C@@]1(C)O.CC1(C)CCC[C@@]2(C)C1CC[C@@]1(C)OC(=O)C[C@@H]12.CC1(C)CCC[C@@]2(C)C1CC[C@@]1(C)OC(=O)C[C@@H]12.C[C@H]1CCC2C(C)(C)CCC[C@]2(C)[C@H]1CC(=O)O. The fraction of sp³-hybridized carbons (Fsp3) is 0.926. The van der Waals surface area contributed by atoms with Crippen molar-refractivity contribution in [2.75, 3.05) is 0 Å². The first-order valence-corrected chi connectivity index (χ1v) is 31.5. The molecule has 0 radical (unpaired) electrons. The van der Waals surface area contributed by atoms with Crippen LogP contribution < -0.4 is 0 Å². The number of hydrogen-bond donors (Lipinski definition) is 3. The van der Waals surface area contributed by atoms with Gasteiger partial charge in [-0.3, -0.25) is 14.4 Å². The summed E-state index contributed by atoms with van der Waals surface area (Å²) in [5.41, 5.74) is 0.873. The topological polar surface area (TPSA) is 130 Å². The van der Waals surface area contributed by atoms with Crippen molar-refractivity contribution < 1.29 is 39.2 Å². The Morgan fingerprint density at radius 2 is 0.921 bits per heavy atom. The molecule has 0 amide bonds. The highest BCUT2D eigenvalue weighted by atomic mass is 16.6.